The molecule has 24 heavy (non-hydrogen) atoms. The van der Waals surface area contributed by atoms with Gasteiger partial charge in [-0.15, -0.1) is 0 Å². The number of ether oxygens (including phenoxy) is 1. The first-order valence-corrected chi connectivity index (χ1v) is 9.99. The zero-order valence-electron chi connectivity index (χ0n) is 14.4. The molecule has 0 saturated carbocycles. The predicted octanol–water partition coefficient (Wildman–Crippen LogP) is 2.20. The zero-order chi connectivity index (χ0) is 17.6. The minimum Gasteiger partial charge on any atom is -0.490 e. The maximum absolute atomic E-state index is 13.6. The fourth-order valence-corrected chi connectivity index (χ4v) is 3.77. The predicted molar refractivity (Wildman–Crippen MR) is 93.1 cm³/mol. The Balaban J connectivity index is 1.75. The van der Waals surface area contributed by atoms with Crippen LogP contribution in [0.5, 0.6) is 5.75 Å². The molecule has 0 radical (unpaired) electrons. The van der Waals surface area contributed by atoms with Gasteiger partial charge in [-0.2, -0.15) is 0 Å². The van der Waals surface area contributed by atoms with Crippen molar-refractivity contribution in [3.8, 4) is 5.75 Å². The number of nitrogens with zero attached hydrogens (tertiary/aromatic N) is 2. The van der Waals surface area contributed by atoms with Crippen molar-refractivity contribution in [3.63, 3.8) is 0 Å². The second kappa shape index (κ2) is 8.78. The summed E-state index contributed by atoms with van der Waals surface area (Å²) in [6.45, 7) is 3.12. The molecule has 0 bridgehead atoms. The molecule has 1 unspecified atom stereocenters. The third-order valence-electron chi connectivity index (χ3n) is 4.35. The van der Waals surface area contributed by atoms with Gasteiger partial charge in [0.05, 0.1) is 12.4 Å². The van der Waals surface area contributed by atoms with Crippen molar-refractivity contribution in [1.82, 2.24) is 9.21 Å². The fourth-order valence-electron chi connectivity index (χ4n) is 2.91. The van der Waals surface area contributed by atoms with Crippen molar-refractivity contribution < 1.29 is 17.5 Å². The summed E-state index contributed by atoms with van der Waals surface area (Å²) in [5, 5.41) is 0. The van der Waals surface area contributed by atoms with Crippen molar-refractivity contribution in [1.29, 1.82) is 0 Å². The molecule has 1 atom stereocenters. The van der Waals surface area contributed by atoms with Gasteiger partial charge in [-0.1, -0.05) is 12.1 Å². The zero-order valence-corrected chi connectivity index (χ0v) is 15.3. The molecule has 0 aromatic heterocycles. The van der Waals surface area contributed by atoms with E-state index in [4.69, 9.17) is 4.74 Å². The average molecular weight is 358 g/mol. The van der Waals surface area contributed by atoms with Gasteiger partial charge in [-0.05, 0) is 44.5 Å². The molecule has 1 aliphatic rings. The van der Waals surface area contributed by atoms with Crippen molar-refractivity contribution in [3.05, 3.63) is 30.1 Å². The summed E-state index contributed by atoms with van der Waals surface area (Å²) in [7, 11) is 0.000382. The molecule has 1 fully saturated rings. The summed E-state index contributed by atoms with van der Waals surface area (Å²) in [6.07, 6.45) is 2.74. The van der Waals surface area contributed by atoms with Crippen LogP contribution in [0.1, 0.15) is 19.3 Å². The molecule has 0 aliphatic carbocycles. The lowest BCUT2D eigenvalue weighted by atomic mass is 9.99. The highest BCUT2D eigenvalue weighted by molar-refractivity contribution is 7.89. The minimum absolute atomic E-state index is 0.174. The molecule has 1 aliphatic heterocycles. The average Bonchev–Trinajstić information content (AvgIpc) is 2.54. The van der Waals surface area contributed by atoms with E-state index in [2.05, 4.69) is 4.90 Å². The van der Waals surface area contributed by atoms with Gasteiger partial charge in [0.1, 0.15) is 0 Å². The highest BCUT2D eigenvalue weighted by Gasteiger charge is 2.21. The van der Waals surface area contributed by atoms with Crippen molar-refractivity contribution in [2.24, 2.45) is 5.92 Å². The van der Waals surface area contributed by atoms with Crippen LogP contribution in [0.4, 0.5) is 4.39 Å². The molecule has 1 aromatic carbocycles. The molecule has 1 aromatic rings. The number of hydrogen-bond acceptors (Lipinski definition) is 4. The van der Waals surface area contributed by atoms with Crippen LogP contribution in [0.2, 0.25) is 0 Å². The number of rotatable bonds is 8. The number of sulfonamides is 1. The summed E-state index contributed by atoms with van der Waals surface area (Å²) < 4.78 is 44.0. The van der Waals surface area contributed by atoms with Gasteiger partial charge in [0.15, 0.2) is 11.6 Å². The Morgan fingerprint density at radius 2 is 2.08 bits per heavy atom. The smallest absolute Gasteiger partial charge is 0.213 e. The van der Waals surface area contributed by atoms with E-state index in [-0.39, 0.29) is 11.6 Å². The summed E-state index contributed by atoms with van der Waals surface area (Å²) >= 11 is 0. The number of benzene rings is 1. The maximum Gasteiger partial charge on any atom is 0.213 e. The second-order valence-corrected chi connectivity index (χ2v) is 8.80. The normalized spacial score (nSPS) is 19.6. The van der Waals surface area contributed by atoms with Crippen LogP contribution < -0.4 is 4.74 Å². The first-order valence-electron chi connectivity index (χ1n) is 8.38. The van der Waals surface area contributed by atoms with Crippen LogP contribution >= 0.6 is 0 Å². The molecule has 1 heterocycles. The molecule has 0 N–H and O–H groups in total. The Bertz CT molecular complexity index is 622. The van der Waals surface area contributed by atoms with Gasteiger partial charge in [0.2, 0.25) is 10.0 Å². The van der Waals surface area contributed by atoms with Crippen LogP contribution in [-0.2, 0) is 10.0 Å². The van der Waals surface area contributed by atoms with E-state index in [1.165, 1.54) is 10.4 Å². The van der Waals surface area contributed by atoms with E-state index >= 15 is 0 Å². The van der Waals surface area contributed by atoms with Gasteiger partial charge in [0.25, 0.3) is 0 Å². The third kappa shape index (κ3) is 5.72. The highest BCUT2D eigenvalue weighted by atomic mass is 32.2. The molecule has 1 saturated heterocycles. The van der Waals surface area contributed by atoms with E-state index in [0.717, 1.165) is 32.5 Å². The Morgan fingerprint density at radius 3 is 2.79 bits per heavy atom. The lowest BCUT2D eigenvalue weighted by Crippen LogP contribution is -2.39. The van der Waals surface area contributed by atoms with Crippen molar-refractivity contribution >= 4 is 10.0 Å². The maximum atomic E-state index is 13.6. The molecule has 136 valence electrons. The number of para-hydroxylation sites is 1. The van der Waals surface area contributed by atoms with E-state index in [9.17, 15) is 12.8 Å². The molecular weight excluding hydrogens is 331 g/mol. The van der Waals surface area contributed by atoms with Crippen LogP contribution in [0.3, 0.4) is 0 Å². The lowest BCUT2D eigenvalue weighted by Gasteiger charge is -2.32. The van der Waals surface area contributed by atoms with Crippen molar-refractivity contribution in [2.45, 2.75) is 19.3 Å². The van der Waals surface area contributed by atoms with E-state index in [0.29, 0.717) is 24.7 Å². The summed E-state index contributed by atoms with van der Waals surface area (Å²) in [5.41, 5.74) is 0. The fraction of sp³-hybridized carbons (Fsp3) is 0.647. The quantitative estimate of drug-likeness (QED) is 0.715. The first kappa shape index (κ1) is 19.1. The van der Waals surface area contributed by atoms with Crippen LogP contribution in [0, 0.1) is 11.7 Å². The molecule has 0 spiro atoms. The van der Waals surface area contributed by atoms with Crippen LogP contribution in [0.25, 0.3) is 0 Å². The van der Waals surface area contributed by atoms with Gasteiger partial charge in [-0.25, -0.2) is 17.1 Å². The monoisotopic (exact) mass is 358 g/mol. The Kier molecular flexibility index (Phi) is 7.01. The van der Waals surface area contributed by atoms with Crippen LogP contribution in [-0.4, -0.2) is 63.7 Å². The largest absolute Gasteiger partial charge is 0.490 e. The van der Waals surface area contributed by atoms with Gasteiger partial charge < -0.3 is 9.64 Å². The Labute approximate surface area is 144 Å². The number of hydrogen-bond donors (Lipinski definition) is 0. The number of halogens is 1. The topological polar surface area (TPSA) is 49.9 Å². The van der Waals surface area contributed by atoms with Gasteiger partial charge >= 0.3 is 0 Å². The molecule has 5 nitrogen and oxygen atoms in total. The summed E-state index contributed by atoms with van der Waals surface area (Å²) in [4.78, 5) is 2.28. The molecule has 0 amide bonds. The third-order valence-corrected chi connectivity index (χ3v) is 6.26. The molecular formula is C17H27FN2O3S. The number of piperidine rings is 1. The second-order valence-electron chi connectivity index (χ2n) is 6.50. The lowest BCUT2D eigenvalue weighted by molar-refractivity contribution is 0.128. The summed E-state index contributed by atoms with van der Waals surface area (Å²) in [6, 6.07) is 6.44. The standard InChI is InChI=1S/C17H27FN2O3S/c1-19(2)24(21,22)12-6-11-20-10-5-7-15(13-20)14-23-17-9-4-3-8-16(17)18/h3-4,8-9,15H,5-7,10-14H2,1-2H3. The summed E-state index contributed by atoms with van der Waals surface area (Å²) in [5.74, 6) is 0.488. The Morgan fingerprint density at radius 1 is 1.33 bits per heavy atom. The van der Waals surface area contributed by atoms with E-state index in [1.807, 2.05) is 0 Å². The van der Waals surface area contributed by atoms with Gasteiger partial charge in [-0.3, -0.25) is 0 Å². The minimum atomic E-state index is -3.12. The van der Waals surface area contributed by atoms with Crippen LogP contribution in [0.15, 0.2) is 24.3 Å². The number of likely N-dealkylation sites (tertiary alicyclic amines) is 1. The molecule has 2 rings (SSSR count). The van der Waals surface area contributed by atoms with Gasteiger partial charge in [0, 0.05) is 26.6 Å². The highest BCUT2D eigenvalue weighted by Crippen LogP contribution is 2.21. The SMILES string of the molecule is CN(C)S(=O)(=O)CCCN1CCCC(COc2ccccc2F)C1. The van der Waals surface area contributed by atoms with Crippen molar-refractivity contribution in [2.75, 3.05) is 46.1 Å². The first-order chi connectivity index (χ1) is 11.4. The molecule has 7 heteroatoms. The Hall–Kier alpha value is -1.18. The van der Waals surface area contributed by atoms with E-state index < -0.39 is 10.0 Å². The van der Waals surface area contributed by atoms with E-state index in [1.54, 1.807) is 32.3 Å².